The molecule has 176 valence electrons. The molecule has 0 spiro atoms. The molecule has 10 heteroatoms. The number of hydrogen-bond donors (Lipinski definition) is 4. The van der Waals surface area contributed by atoms with Crippen LogP contribution in [0.3, 0.4) is 0 Å². The van der Waals surface area contributed by atoms with Gasteiger partial charge < -0.3 is 26.6 Å². The van der Waals surface area contributed by atoms with E-state index in [1.165, 1.54) is 36.7 Å². The highest BCUT2D eigenvalue weighted by atomic mass is 35.5. The first-order chi connectivity index (χ1) is 15.0. The van der Waals surface area contributed by atoms with Crippen molar-refractivity contribution < 1.29 is 13.2 Å². The number of nitrogens with zero attached hydrogens (tertiary/aromatic N) is 1. The maximum atomic E-state index is 13.5. The fraction of sp³-hybridized carbons (Fsp3) is 0.455. The summed E-state index contributed by atoms with van der Waals surface area (Å²) >= 11 is 1.39. The Morgan fingerprint density at radius 2 is 1.81 bits per heavy atom. The van der Waals surface area contributed by atoms with Crippen LogP contribution in [0.25, 0.3) is 0 Å². The predicted molar refractivity (Wildman–Crippen MR) is 129 cm³/mol. The summed E-state index contributed by atoms with van der Waals surface area (Å²) in [6.07, 6.45) is -1.26. The van der Waals surface area contributed by atoms with Crippen LogP contribution in [0.5, 0.6) is 0 Å². The second-order valence-electron chi connectivity index (χ2n) is 7.82. The van der Waals surface area contributed by atoms with E-state index in [4.69, 9.17) is 5.73 Å². The van der Waals surface area contributed by atoms with Gasteiger partial charge in [0.25, 0.3) is 0 Å². The highest BCUT2D eigenvalue weighted by Gasteiger charge is 2.33. The molecule has 0 bridgehead atoms. The van der Waals surface area contributed by atoms with Crippen LogP contribution in [0.4, 0.5) is 35.9 Å². The molecule has 0 atom stereocenters. The lowest BCUT2D eigenvalue weighted by Crippen LogP contribution is -2.24. The van der Waals surface area contributed by atoms with E-state index < -0.39 is 11.7 Å². The molecule has 0 aromatic heterocycles. The summed E-state index contributed by atoms with van der Waals surface area (Å²) in [5.74, 6) is 0. The molecule has 32 heavy (non-hydrogen) atoms. The zero-order valence-corrected chi connectivity index (χ0v) is 19.4. The Labute approximate surface area is 197 Å². The number of nitrogens with one attached hydrogen (secondary N) is 3. The Morgan fingerprint density at radius 1 is 1.03 bits per heavy atom. The van der Waals surface area contributed by atoms with Crippen molar-refractivity contribution in [2.24, 2.45) is 5.73 Å². The van der Waals surface area contributed by atoms with Crippen LogP contribution in [-0.2, 0) is 6.18 Å². The van der Waals surface area contributed by atoms with E-state index in [2.05, 4.69) is 33.0 Å². The van der Waals surface area contributed by atoms with E-state index >= 15 is 0 Å². The van der Waals surface area contributed by atoms with Crippen molar-refractivity contribution in [3.05, 3.63) is 35.9 Å². The lowest BCUT2D eigenvalue weighted by Gasteiger charge is -2.27. The van der Waals surface area contributed by atoms with Gasteiger partial charge in [-0.15, -0.1) is 12.4 Å². The van der Waals surface area contributed by atoms with Gasteiger partial charge in [-0.05, 0) is 56.1 Å². The van der Waals surface area contributed by atoms with E-state index in [0.717, 1.165) is 48.9 Å². The second kappa shape index (κ2) is 10.9. The molecule has 1 saturated heterocycles. The molecule has 0 saturated carbocycles. The van der Waals surface area contributed by atoms with Crippen molar-refractivity contribution in [3.8, 4) is 0 Å². The first-order valence-corrected chi connectivity index (χ1v) is 11.5. The monoisotopic (exact) mass is 487 g/mol. The molecule has 2 aliphatic heterocycles. The summed E-state index contributed by atoms with van der Waals surface area (Å²) in [5, 5.41) is 9.75. The number of fused-ring (bicyclic) bond motifs is 2. The minimum absolute atomic E-state index is 0. The molecule has 5 N–H and O–H groups in total. The van der Waals surface area contributed by atoms with Gasteiger partial charge in [0.1, 0.15) is 0 Å². The third kappa shape index (κ3) is 5.75. The maximum Gasteiger partial charge on any atom is 0.416 e. The van der Waals surface area contributed by atoms with Gasteiger partial charge in [-0.25, -0.2) is 0 Å². The summed E-state index contributed by atoms with van der Waals surface area (Å²) in [4.78, 5) is 3.87. The van der Waals surface area contributed by atoms with Crippen LogP contribution in [-0.4, -0.2) is 39.3 Å². The number of halogens is 4. The number of rotatable bonds is 8. The summed E-state index contributed by atoms with van der Waals surface area (Å²) in [6.45, 7) is 4.68. The molecule has 4 rings (SSSR count). The molecule has 0 radical (unpaired) electrons. The molecule has 2 heterocycles. The molecule has 2 aromatic carbocycles. The lowest BCUT2D eigenvalue weighted by atomic mass is 10.1. The van der Waals surface area contributed by atoms with Gasteiger partial charge >= 0.3 is 6.18 Å². The molecule has 2 aromatic rings. The van der Waals surface area contributed by atoms with Crippen LogP contribution in [0.2, 0.25) is 0 Å². The maximum absolute atomic E-state index is 13.5. The Balaban J connectivity index is 0.00000289. The Hall–Kier alpha value is -1.81. The minimum Gasteiger partial charge on any atom is -0.383 e. The standard InChI is InChI=1S/C22H28F3N5S.ClH/c23-22(24,25)15-12-18(28-8-3-7-27-9-6-26)21-20(13-15)31-19-14-16(4-5-17(19)29-21)30-10-1-2-11-30;/h4-5,12-14,27-29H,1-3,6-11,26H2;1H. The number of hydrogen-bond acceptors (Lipinski definition) is 6. The van der Waals surface area contributed by atoms with Gasteiger partial charge in [0.15, 0.2) is 0 Å². The first kappa shape index (κ1) is 24.8. The number of anilines is 4. The van der Waals surface area contributed by atoms with Crippen molar-refractivity contribution >= 4 is 46.9 Å². The fourth-order valence-electron chi connectivity index (χ4n) is 3.92. The Bertz CT molecular complexity index is 919. The van der Waals surface area contributed by atoms with E-state index in [-0.39, 0.29) is 12.4 Å². The summed E-state index contributed by atoms with van der Waals surface area (Å²) in [5.41, 5.74) is 8.05. The number of alkyl halides is 3. The van der Waals surface area contributed by atoms with Crippen LogP contribution in [0.15, 0.2) is 40.1 Å². The lowest BCUT2D eigenvalue weighted by molar-refractivity contribution is -0.137. The Morgan fingerprint density at radius 3 is 2.53 bits per heavy atom. The highest BCUT2D eigenvalue weighted by Crippen LogP contribution is 2.50. The molecule has 1 fully saturated rings. The SMILES string of the molecule is Cl.NCCNCCCNc1cc(C(F)(F)F)cc2c1Nc1ccc(N3CCCC3)cc1S2. The Kier molecular flexibility index (Phi) is 8.43. The first-order valence-electron chi connectivity index (χ1n) is 10.7. The quantitative estimate of drug-likeness (QED) is 0.324. The van der Waals surface area contributed by atoms with Gasteiger partial charge in [-0.1, -0.05) is 11.8 Å². The van der Waals surface area contributed by atoms with Crippen molar-refractivity contribution in [3.63, 3.8) is 0 Å². The number of nitrogens with two attached hydrogens (primary N) is 1. The third-order valence-electron chi connectivity index (χ3n) is 5.51. The van der Waals surface area contributed by atoms with Crippen molar-refractivity contribution in [2.75, 3.05) is 54.8 Å². The van der Waals surface area contributed by atoms with E-state index in [1.807, 2.05) is 6.07 Å². The minimum atomic E-state index is -4.40. The average molecular weight is 488 g/mol. The molecule has 2 aliphatic rings. The van der Waals surface area contributed by atoms with E-state index in [0.29, 0.717) is 29.4 Å². The smallest absolute Gasteiger partial charge is 0.383 e. The topological polar surface area (TPSA) is 65.3 Å². The van der Waals surface area contributed by atoms with Crippen molar-refractivity contribution in [1.29, 1.82) is 0 Å². The highest BCUT2D eigenvalue weighted by molar-refractivity contribution is 7.99. The second-order valence-corrected chi connectivity index (χ2v) is 8.90. The van der Waals surface area contributed by atoms with Crippen LogP contribution in [0.1, 0.15) is 24.8 Å². The molecule has 0 amide bonds. The predicted octanol–water partition coefficient (Wildman–Crippen LogP) is 5.29. The molecular weight excluding hydrogens is 459 g/mol. The average Bonchev–Trinajstić information content (AvgIpc) is 3.28. The zero-order chi connectivity index (χ0) is 21.8. The van der Waals surface area contributed by atoms with Crippen LogP contribution >= 0.6 is 24.2 Å². The van der Waals surface area contributed by atoms with Gasteiger partial charge in [-0.3, -0.25) is 0 Å². The van der Waals surface area contributed by atoms with Gasteiger partial charge in [0.05, 0.1) is 22.6 Å². The third-order valence-corrected chi connectivity index (χ3v) is 6.61. The van der Waals surface area contributed by atoms with Crippen LogP contribution < -0.4 is 26.6 Å². The molecule has 0 aliphatic carbocycles. The van der Waals surface area contributed by atoms with E-state index in [1.54, 1.807) is 0 Å². The summed E-state index contributed by atoms with van der Waals surface area (Å²) in [7, 11) is 0. The van der Waals surface area contributed by atoms with Crippen molar-refractivity contribution in [1.82, 2.24) is 5.32 Å². The van der Waals surface area contributed by atoms with Gasteiger partial charge in [0.2, 0.25) is 0 Å². The molecule has 5 nitrogen and oxygen atoms in total. The largest absolute Gasteiger partial charge is 0.416 e. The molecule has 0 unspecified atom stereocenters. The zero-order valence-electron chi connectivity index (χ0n) is 17.7. The van der Waals surface area contributed by atoms with Crippen LogP contribution in [0, 0.1) is 0 Å². The normalized spacial score (nSPS) is 14.9. The van der Waals surface area contributed by atoms with E-state index in [9.17, 15) is 13.2 Å². The fourth-order valence-corrected chi connectivity index (χ4v) is 5.01. The summed E-state index contributed by atoms with van der Waals surface area (Å²) < 4.78 is 40.6. The summed E-state index contributed by atoms with van der Waals surface area (Å²) in [6, 6.07) is 8.63. The van der Waals surface area contributed by atoms with Crippen molar-refractivity contribution in [2.45, 2.75) is 35.2 Å². The molecular formula is C22H29ClF3N5S. The van der Waals surface area contributed by atoms with Gasteiger partial charge in [0, 0.05) is 48.2 Å². The van der Waals surface area contributed by atoms with Gasteiger partial charge in [-0.2, -0.15) is 13.2 Å². The number of benzene rings is 2.